The van der Waals surface area contributed by atoms with E-state index in [-0.39, 0.29) is 5.92 Å². The molecule has 0 unspecified atom stereocenters. The predicted octanol–water partition coefficient (Wildman–Crippen LogP) is 5.85. The van der Waals surface area contributed by atoms with Crippen LogP contribution in [-0.4, -0.2) is 5.79 Å². The number of alkyl halides is 2. The molecule has 0 bridgehead atoms. The van der Waals surface area contributed by atoms with Gasteiger partial charge in [-0.05, 0) is 41.0 Å². The maximum Gasteiger partial charge on any atom is 0.291 e. The van der Waals surface area contributed by atoms with Crippen molar-refractivity contribution in [3.05, 3.63) is 108 Å². The molecule has 3 aromatic rings. The molecule has 0 amide bonds. The summed E-state index contributed by atoms with van der Waals surface area (Å²) in [5.41, 5.74) is 14.5. The first kappa shape index (κ1) is 21.4. The van der Waals surface area contributed by atoms with Crippen LogP contribution >= 0.6 is 0 Å². The standard InChI is InChI=1S/C26H24F2N2O2/c27-16-18-10-22(29)14-24(12-18)31-26(32-25-13-19(17-28)11-23(30)15-25)8-6-21(7-9-26)20-4-2-1-3-5-20/h1-15,21H,16-17,29-30H2. The average molecular weight is 434 g/mol. The number of hydrogen-bond acceptors (Lipinski definition) is 4. The van der Waals surface area contributed by atoms with Crippen molar-refractivity contribution in [1.82, 2.24) is 0 Å². The van der Waals surface area contributed by atoms with Gasteiger partial charge in [0, 0.05) is 41.6 Å². The Morgan fingerprint density at radius 3 is 1.69 bits per heavy atom. The molecule has 4 nitrogen and oxygen atoms in total. The first-order chi connectivity index (χ1) is 15.5. The van der Waals surface area contributed by atoms with E-state index in [0.717, 1.165) is 5.56 Å². The number of anilines is 2. The largest absolute Gasteiger partial charge is 0.445 e. The summed E-state index contributed by atoms with van der Waals surface area (Å²) < 4.78 is 38.9. The second-order valence-corrected chi connectivity index (χ2v) is 7.67. The molecule has 0 radical (unpaired) electrons. The SMILES string of the molecule is Nc1cc(CF)cc(OC2(Oc3cc(N)cc(CF)c3)C=CC(c3ccccc3)C=C2)c1. The van der Waals surface area contributed by atoms with Gasteiger partial charge in [-0.3, -0.25) is 0 Å². The van der Waals surface area contributed by atoms with Crippen molar-refractivity contribution < 1.29 is 18.3 Å². The quantitative estimate of drug-likeness (QED) is 0.278. The molecule has 0 aromatic heterocycles. The van der Waals surface area contributed by atoms with Gasteiger partial charge in [-0.2, -0.15) is 0 Å². The van der Waals surface area contributed by atoms with Gasteiger partial charge in [0.25, 0.3) is 5.79 Å². The Bertz CT molecular complexity index is 1070. The van der Waals surface area contributed by atoms with Crippen LogP contribution in [0.3, 0.4) is 0 Å². The third kappa shape index (κ3) is 4.91. The van der Waals surface area contributed by atoms with E-state index < -0.39 is 19.1 Å². The summed E-state index contributed by atoms with van der Waals surface area (Å²) in [5.74, 6) is -0.630. The van der Waals surface area contributed by atoms with Crippen molar-refractivity contribution in [3.63, 3.8) is 0 Å². The van der Waals surface area contributed by atoms with Crippen molar-refractivity contribution in [2.45, 2.75) is 25.1 Å². The van der Waals surface area contributed by atoms with Gasteiger partial charge in [-0.1, -0.05) is 42.5 Å². The molecule has 0 heterocycles. The first-order valence-electron chi connectivity index (χ1n) is 10.2. The monoisotopic (exact) mass is 434 g/mol. The lowest BCUT2D eigenvalue weighted by atomic mass is 9.92. The van der Waals surface area contributed by atoms with E-state index in [2.05, 4.69) is 0 Å². The topological polar surface area (TPSA) is 70.5 Å². The molecular weight excluding hydrogens is 410 g/mol. The molecule has 0 saturated carbocycles. The lowest BCUT2D eigenvalue weighted by molar-refractivity contribution is -0.0292. The van der Waals surface area contributed by atoms with Crippen molar-refractivity contribution in [2.24, 2.45) is 0 Å². The smallest absolute Gasteiger partial charge is 0.291 e. The van der Waals surface area contributed by atoms with Crippen LogP contribution in [0, 0.1) is 0 Å². The lowest BCUT2D eigenvalue weighted by Crippen LogP contribution is -2.40. The number of halogens is 2. The fraction of sp³-hybridized carbons (Fsp3) is 0.154. The van der Waals surface area contributed by atoms with Gasteiger partial charge in [0.2, 0.25) is 0 Å². The van der Waals surface area contributed by atoms with Crippen molar-refractivity contribution >= 4 is 11.4 Å². The van der Waals surface area contributed by atoms with E-state index in [1.54, 1.807) is 48.6 Å². The minimum Gasteiger partial charge on any atom is -0.445 e. The molecule has 0 saturated heterocycles. The second-order valence-electron chi connectivity index (χ2n) is 7.67. The summed E-state index contributed by atoms with van der Waals surface area (Å²) in [6.45, 7) is -1.35. The number of rotatable bonds is 7. The summed E-state index contributed by atoms with van der Waals surface area (Å²) in [5, 5.41) is 0. The first-order valence-corrected chi connectivity index (χ1v) is 10.2. The lowest BCUT2D eigenvalue weighted by Gasteiger charge is -2.32. The van der Waals surface area contributed by atoms with Crippen molar-refractivity contribution in [3.8, 4) is 11.5 Å². The average Bonchev–Trinajstić information content (AvgIpc) is 2.79. The number of benzene rings is 3. The summed E-state index contributed by atoms with van der Waals surface area (Å²) in [6.07, 6.45) is 7.47. The van der Waals surface area contributed by atoms with Gasteiger partial charge >= 0.3 is 0 Å². The maximum atomic E-state index is 13.3. The zero-order valence-corrected chi connectivity index (χ0v) is 17.4. The van der Waals surface area contributed by atoms with E-state index in [1.165, 1.54) is 0 Å². The Morgan fingerprint density at radius 2 is 1.22 bits per heavy atom. The zero-order chi connectivity index (χ0) is 22.6. The highest BCUT2D eigenvalue weighted by atomic mass is 19.1. The van der Waals surface area contributed by atoms with Crippen LogP contribution in [0.2, 0.25) is 0 Å². The molecule has 0 spiro atoms. The highest BCUT2D eigenvalue weighted by Gasteiger charge is 2.33. The van der Waals surface area contributed by atoms with E-state index in [1.807, 2.05) is 42.5 Å². The van der Waals surface area contributed by atoms with Gasteiger partial charge in [-0.15, -0.1) is 0 Å². The highest BCUT2D eigenvalue weighted by molar-refractivity contribution is 5.50. The Hall–Kier alpha value is -3.80. The van der Waals surface area contributed by atoms with Crippen LogP contribution in [0.15, 0.2) is 91.0 Å². The van der Waals surface area contributed by atoms with E-state index in [4.69, 9.17) is 20.9 Å². The van der Waals surface area contributed by atoms with Crippen LogP contribution in [0.1, 0.15) is 22.6 Å². The number of hydrogen-bond donors (Lipinski definition) is 2. The summed E-state index contributed by atoms with van der Waals surface area (Å²) in [4.78, 5) is 0. The Labute approximate surface area is 185 Å². The molecule has 0 aliphatic heterocycles. The molecule has 1 aliphatic rings. The van der Waals surface area contributed by atoms with Crippen LogP contribution in [0.5, 0.6) is 11.5 Å². The molecule has 0 atom stereocenters. The fourth-order valence-corrected chi connectivity index (χ4v) is 3.66. The summed E-state index contributed by atoms with van der Waals surface area (Å²) in [6, 6.07) is 19.4. The molecule has 4 rings (SSSR count). The van der Waals surface area contributed by atoms with Crippen LogP contribution < -0.4 is 20.9 Å². The van der Waals surface area contributed by atoms with E-state index >= 15 is 0 Å². The number of nitrogen functional groups attached to an aromatic ring is 2. The van der Waals surface area contributed by atoms with Crippen molar-refractivity contribution in [1.29, 1.82) is 0 Å². The number of allylic oxidation sites excluding steroid dienone is 2. The van der Waals surface area contributed by atoms with Gasteiger partial charge in [0.05, 0.1) is 0 Å². The van der Waals surface area contributed by atoms with Crippen LogP contribution in [0.4, 0.5) is 20.2 Å². The molecule has 32 heavy (non-hydrogen) atoms. The third-order valence-electron chi connectivity index (χ3n) is 5.10. The van der Waals surface area contributed by atoms with Gasteiger partial charge in [0.1, 0.15) is 24.8 Å². The zero-order valence-electron chi connectivity index (χ0n) is 17.4. The van der Waals surface area contributed by atoms with Crippen molar-refractivity contribution in [2.75, 3.05) is 11.5 Å². The Kier molecular flexibility index (Phi) is 6.12. The van der Waals surface area contributed by atoms with Crippen LogP contribution in [0.25, 0.3) is 0 Å². The molecule has 1 aliphatic carbocycles. The fourth-order valence-electron chi connectivity index (χ4n) is 3.66. The number of ether oxygens (including phenoxy) is 2. The molecule has 4 N–H and O–H groups in total. The molecule has 164 valence electrons. The summed E-state index contributed by atoms with van der Waals surface area (Å²) in [7, 11) is 0. The Balaban J connectivity index is 1.70. The predicted molar refractivity (Wildman–Crippen MR) is 123 cm³/mol. The normalized spacial score (nSPS) is 14.9. The summed E-state index contributed by atoms with van der Waals surface area (Å²) >= 11 is 0. The minimum atomic E-state index is -1.35. The molecule has 3 aromatic carbocycles. The van der Waals surface area contributed by atoms with Gasteiger partial charge in [0.15, 0.2) is 0 Å². The van der Waals surface area contributed by atoms with Gasteiger partial charge in [-0.25, -0.2) is 8.78 Å². The maximum absolute atomic E-state index is 13.3. The molecule has 0 fully saturated rings. The second kappa shape index (κ2) is 9.14. The Morgan fingerprint density at radius 1 is 0.719 bits per heavy atom. The van der Waals surface area contributed by atoms with Gasteiger partial charge < -0.3 is 20.9 Å². The third-order valence-corrected chi connectivity index (χ3v) is 5.10. The highest BCUT2D eigenvalue weighted by Crippen LogP contribution is 2.34. The van der Waals surface area contributed by atoms with E-state index in [9.17, 15) is 8.78 Å². The van der Waals surface area contributed by atoms with E-state index in [0.29, 0.717) is 34.0 Å². The molecule has 6 heteroatoms. The number of nitrogens with two attached hydrogens (primary N) is 2. The molecular formula is C26H24F2N2O2. The minimum absolute atomic E-state index is 0.0287. The van der Waals surface area contributed by atoms with Crippen LogP contribution in [-0.2, 0) is 13.3 Å².